The van der Waals surface area contributed by atoms with Gasteiger partial charge in [0, 0.05) is 24.2 Å². The highest BCUT2D eigenvalue weighted by molar-refractivity contribution is 5.91. The summed E-state index contributed by atoms with van der Waals surface area (Å²) in [7, 11) is 3.43. The maximum Gasteiger partial charge on any atom is 0.308 e. The van der Waals surface area contributed by atoms with Crippen LogP contribution in [0.1, 0.15) is 60.3 Å². The van der Waals surface area contributed by atoms with Gasteiger partial charge < -0.3 is 44.3 Å². The summed E-state index contributed by atoms with van der Waals surface area (Å²) in [5.74, 6) is -3.16. The lowest BCUT2D eigenvalue weighted by atomic mass is 9.79. The van der Waals surface area contributed by atoms with E-state index in [9.17, 15) is 34.8 Å². The minimum Gasteiger partial charge on any atom is -0.462 e. The van der Waals surface area contributed by atoms with Crippen molar-refractivity contribution in [3.05, 3.63) is 23.8 Å². The van der Waals surface area contributed by atoms with Crippen LogP contribution in [0.3, 0.4) is 0 Å². The summed E-state index contributed by atoms with van der Waals surface area (Å²) < 4.78 is 17.9. The Hall–Kier alpha value is -1.99. The lowest BCUT2D eigenvalue weighted by molar-refractivity contribution is -0.304. The second kappa shape index (κ2) is 16.7. The Morgan fingerprint density at radius 2 is 1.76 bits per heavy atom. The standard InChI is InChI=1S/C31H51NO10/c1-8-25-22(16-34)13-17(2)9-10-23(35)18(3)14-21(11-12-33)30(19(4)24(36)15-26(37)41-25)42-31-29(39)27(32(6)7)28(38)20(5)40-31/h9-10,12-13,18-22,24-25,27-31,34,36,38-39H,8,11,14-16H2,1-7H3/b10-9-,17-13-. The van der Waals surface area contributed by atoms with Crippen LogP contribution in [0.4, 0.5) is 0 Å². The van der Waals surface area contributed by atoms with E-state index < -0.39 is 78.6 Å². The number of aliphatic hydroxyl groups excluding tert-OH is 4. The Bertz CT molecular complexity index is 952. The van der Waals surface area contributed by atoms with Crippen LogP contribution in [0.15, 0.2) is 23.8 Å². The second-order valence-electron chi connectivity index (χ2n) is 12.1. The number of carbonyl (C=O) groups is 3. The van der Waals surface area contributed by atoms with Crippen LogP contribution in [-0.2, 0) is 28.6 Å². The molecular weight excluding hydrogens is 546 g/mol. The molecule has 0 aromatic rings. The van der Waals surface area contributed by atoms with E-state index in [1.807, 2.05) is 6.92 Å². The number of carbonyl (C=O) groups excluding carboxylic acids is 3. The minimum absolute atomic E-state index is 0.000625. The van der Waals surface area contributed by atoms with Crippen molar-refractivity contribution in [3.8, 4) is 0 Å². The number of cyclic esters (lactones) is 1. The van der Waals surface area contributed by atoms with Gasteiger partial charge in [-0.1, -0.05) is 38.5 Å². The number of hydrogen-bond donors (Lipinski definition) is 4. The van der Waals surface area contributed by atoms with Crippen LogP contribution in [0.2, 0.25) is 0 Å². The van der Waals surface area contributed by atoms with Crippen molar-refractivity contribution in [1.82, 2.24) is 4.90 Å². The first-order valence-electron chi connectivity index (χ1n) is 14.9. The molecule has 0 spiro atoms. The third-order valence-electron chi connectivity index (χ3n) is 8.56. The van der Waals surface area contributed by atoms with E-state index in [-0.39, 0.29) is 31.7 Å². The van der Waals surface area contributed by atoms with Gasteiger partial charge in [0.1, 0.15) is 18.5 Å². The Labute approximate surface area is 249 Å². The van der Waals surface area contributed by atoms with Crippen LogP contribution in [0.5, 0.6) is 0 Å². The summed E-state index contributed by atoms with van der Waals surface area (Å²) in [6, 6.07) is -0.711. The fourth-order valence-corrected chi connectivity index (χ4v) is 5.93. The maximum absolute atomic E-state index is 13.1. The number of rotatable bonds is 7. The molecule has 1 fully saturated rings. The van der Waals surface area contributed by atoms with Crippen molar-refractivity contribution < 1.29 is 49.0 Å². The van der Waals surface area contributed by atoms with Crippen LogP contribution in [0.25, 0.3) is 0 Å². The summed E-state index contributed by atoms with van der Waals surface area (Å²) in [5.41, 5.74) is 0.714. The highest BCUT2D eigenvalue weighted by atomic mass is 16.7. The third kappa shape index (κ3) is 9.51. The summed E-state index contributed by atoms with van der Waals surface area (Å²) in [4.78, 5) is 39.6. The Balaban J connectivity index is 2.52. The molecule has 2 aliphatic rings. The van der Waals surface area contributed by atoms with E-state index in [0.29, 0.717) is 12.0 Å². The van der Waals surface area contributed by atoms with Crippen LogP contribution < -0.4 is 0 Å². The highest BCUT2D eigenvalue weighted by Crippen LogP contribution is 2.34. The molecule has 2 rings (SSSR count). The van der Waals surface area contributed by atoms with Gasteiger partial charge in [0.15, 0.2) is 12.1 Å². The smallest absolute Gasteiger partial charge is 0.308 e. The molecule has 0 aromatic heterocycles. The van der Waals surface area contributed by atoms with Crippen molar-refractivity contribution in [2.75, 3.05) is 20.7 Å². The van der Waals surface area contributed by atoms with Crippen LogP contribution >= 0.6 is 0 Å². The van der Waals surface area contributed by atoms with Gasteiger partial charge in [-0.25, -0.2) is 0 Å². The topological polar surface area (TPSA) is 163 Å². The molecule has 0 radical (unpaired) electrons. The highest BCUT2D eigenvalue weighted by Gasteiger charge is 2.47. The van der Waals surface area contributed by atoms with Gasteiger partial charge in [-0.15, -0.1) is 0 Å². The van der Waals surface area contributed by atoms with E-state index >= 15 is 0 Å². The molecule has 11 nitrogen and oxygen atoms in total. The normalized spacial score (nSPS) is 41.6. The SMILES string of the molecule is CCC1OC(=O)CC(O)C(C)C(OC2OC(C)C(O)C(N(C)C)C2O)C(CC=O)CC(C)C(=O)/C=C\C(C)=C/C1CO. The molecular formula is C31H51NO10. The number of nitrogens with zero attached hydrogens (tertiary/aromatic N) is 1. The molecule has 12 unspecified atom stereocenters. The molecule has 0 aliphatic carbocycles. The van der Waals surface area contributed by atoms with Gasteiger partial charge >= 0.3 is 5.97 Å². The zero-order valence-corrected chi connectivity index (χ0v) is 26.0. The zero-order chi connectivity index (χ0) is 31.7. The number of aldehydes is 1. The molecule has 240 valence electrons. The van der Waals surface area contributed by atoms with Gasteiger partial charge in [0.25, 0.3) is 0 Å². The molecule has 2 heterocycles. The van der Waals surface area contributed by atoms with Crippen molar-refractivity contribution in [2.24, 2.45) is 23.7 Å². The first-order valence-corrected chi connectivity index (χ1v) is 14.9. The molecule has 12 atom stereocenters. The third-order valence-corrected chi connectivity index (χ3v) is 8.56. The molecule has 0 saturated carbocycles. The van der Waals surface area contributed by atoms with Crippen molar-refractivity contribution in [1.29, 1.82) is 0 Å². The lowest BCUT2D eigenvalue weighted by Crippen LogP contribution is -2.63. The van der Waals surface area contributed by atoms with E-state index in [0.717, 1.165) is 6.29 Å². The predicted molar refractivity (Wildman–Crippen MR) is 155 cm³/mol. The van der Waals surface area contributed by atoms with Crippen LogP contribution in [0, 0.1) is 23.7 Å². The quantitative estimate of drug-likeness (QED) is 0.248. The Kier molecular flexibility index (Phi) is 14.4. The zero-order valence-electron chi connectivity index (χ0n) is 26.0. The van der Waals surface area contributed by atoms with Crippen molar-refractivity contribution in [2.45, 2.75) is 109 Å². The Morgan fingerprint density at radius 3 is 2.33 bits per heavy atom. The van der Waals surface area contributed by atoms with Crippen molar-refractivity contribution >= 4 is 18.0 Å². The minimum atomic E-state index is -1.27. The second-order valence-corrected chi connectivity index (χ2v) is 12.1. The maximum atomic E-state index is 13.1. The molecule has 2 aliphatic heterocycles. The number of hydrogen-bond acceptors (Lipinski definition) is 11. The molecule has 4 N–H and O–H groups in total. The van der Waals surface area contributed by atoms with Crippen molar-refractivity contribution in [3.63, 3.8) is 0 Å². The summed E-state index contributed by atoms with van der Waals surface area (Å²) >= 11 is 0. The number of likely N-dealkylation sites (N-methyl/N-ethyl adjacent to an activating group) is 1. The molecule has 0 aromatic carbocycles. The number of allylic oxidation sites excluding steroid dienone is 3. The largest absolute Gasteiger partial charge is 0.462 e. The fraction of sp³-hybridized carbons (Fsp3) is 0.774. The lowest BCUT2D eigenvalue weighted by Gasteiger charge is -2.46. The monoisotopic (exact) mass is 597 g/mol. The summed E-state index contributed by atoms with van der Waals surface area (Å²) in [6.45, 7) is 8.42. The van der Waals surface area contributed by atoms with E-state index in [4.69, 9.17) is 14.2 Å². The van der Waals surface area contributed by atoms with Gasteiger partial charge in [-0.2, -0.15) is 0 Å². The molecule has 11 heteroatoms. The van der Waals surface area contributed by atoms with E-state index in [1.165, 1.54) is 6.08 Å². The first-order chi connectivity index (χ1) is 19.7. The average Bonchev–Trinajstić information content (AvgIpc) is 2.93. The molecule has 0 amide bonds. The van der Waals surface area contributed by atoms with Gasteiger partial charge in [0.05, 0.1) is 43.5 Å². The summed E-state index contributed by atoms with van der Waals surface area (Å²) in [5, 5.41) is 43.0. The number of esters is 1. The van der Waals surface area contributed by atoms with Gasteiger partial charge in [-0.05, 0) is 52.8 Å². The molecule has 42 heavy (non-hydrogen) atoms. The number of ether oxygens (including phenoxy) is 3. The number of ketones is 1. The fourth-order valence-electron chi connectivity index (χ4n) is 5.93. The van der Waals surface area contributed by atoms with Crippen LogP contribution in [-0.4, -0.2) is 113 Å². The molecule has 1 saturated heterocycles. The predicted octanol–water partition coefficient (Wildman–Crippen LogP) is 1.40. The Morgan fingerprint density at radius 1 is 1.10 bits per heavy atom. The van der Waals surface area contributed by atoms with E-state index in [1.54, 1.807) is 58.8 Å². The first kappa shape index (κ1) is 36.2. The molecule has 0 bridgehead atoms. The van der Waals surface area contributed by atoms with E-state index in [2.05, 4.69) is 0 Å². The van der Waals surface area contributed by atoms with Gasteiger partial charge in [0.2, 0.25) is 0 Å². The summed E-state index contributed by atoms with van der Waals surface area (Å²) in [6.07, 6.45) is -1.12. The van der Waals surface area contributed by atoms with Gasteiger partial charge in [-0.3, -0.25) is 9.59 Å². The number of aliphatic hydroxyl groups is 4. The average molecular weight is 598 g/mol.